The number of amides is 2. The zero-order valence-corrected chi connectivity index (χ0v) is 15.0. The Hall–Kier alpha value is -2.39. The topological polar surface area (TPSA) is 131 Å². The molecule has 0 aromatic carbocycles. The van der Waals surface area contributed by atoms with Crippen LogP contribution in [0.15, 0.2) is 0 Å². The zero-order chi connectivity index (χ0) is 19.9. The molecular weight excluding hydrogens is 351 g/mol. The molecule has 0 bridgehead atoms. The Morgan fingerprint density at radius 3 is 2.42 bits per heavy atom. The number of hydrogen-bond acceptors (Lipinski definition) is 6. The Kier molecular flexibility index (Phi) is 8.27. The molecule has 0 radical (unpaired) electrons. The molecular formula is C16H25FN2O7. The van der Waals surface area contributed by atoms with Gasteiger partial charge in [0.2, 0.25) is 12.3 Å². The first-order valence-corrected chi connectivity index (χ1v) is 8.37. The molecule has 0 spiro atoms. The number of carbonyl (C=O) groups is 4. The third kappa shape index (κ3) is 5.85. The molecule has 0 aromatic rings. The minimum absolute atomic E-state index is 0.0194. The Labute approximate surface area is 150 Å². The van der Waals surface area contributed by atoms with Gasteiger partial charge in [0.25, 0.3) is 0 Å². The lowest BCUT2D eigenvalue weighted by molar-refractivity contribution is -0.146. The van der Waals surface area contributed by atoms with E-state index in [9.17, 15) is 28.7 Å². The molecule has 1 fully saturated rings. The SMILES string of the molecule is CCCC(F)OC(=O)N[C@H]1[C@@H](CNC(C)=O)[C@H](C(=O)O)C[C@@H]1C(=O)OC. The summed E-state index contributed by atoms with van der Waals surface area (Å²) < 4.78 is 22.7. The number of carboxylic acid groups (broad SMARTS) is 1. The summed E-state index contributed by atoms with van der Waals surface area (Å²) in [7, 11) is 1.15. The first-order valence-electron chi connectivity index (χ1n) is 8.37. The molecule has 1 saturated carbocycles. The number of esters is 1. The average Bonchev–Trinajstić information content (AvgIpc) is 2.90. The number of nitrogens with one attached hydrogen (secondary N) is 2. The molecule has 26 heavy (non-hydrogen) atoms. The van der Waals surface area contributed by atoms with Gasteiger partial charge >= 0.3 is 18.0 Å². The maximum absolute atomic E-state index is 13.5. The van der Waals surface area contributed by atoms with Crippen molar-refractivity contribution in [2.75, 3.05) is 13.7 Å². The van der Waals surface area contributed by atoms with E-state index in [1.165, 1.54) is 6.92 Å². The molecule has 148 valence electrons. The van der Waals surface area contributed by atoms with E-state index in [0.29, 0.717) is 6.42 Å². The lowest BCUT2D eigenvalue weighted by Gasteiger charge is -2.26. The molecule has 2 amide bonds. The van der Waals surface area contributed by atoms with E-state index in [4.69, 9.17) is 0 Å². The van der Waals surface area contributed by atoms with Gasteiger partial charge in [-0.05, 0) is 12.8 Å². The predicted molar refractivity (Wildman–Crippen MR) is 86.6 cm³/mol. The summed E-state index contributed by atoms with van der Waals surface area (Å²) >= 11 is 0. The first kappa shape index (κ1) is 21.7. The second kappa shape index (κ2) is 9.93. The number of alkyl carbamates (subject to hydrolysis) is 1. The van der Waals surface area contributed by atoms with Crippen molar-refractivity contribution in [3.63, 3.8) is 0 Å². The summed E-state index contributed by atoms with van der Waals surface area (Å²) in [4.78, 5) is 46.7. The average molecular weight is 376 g/mol. The van der Waals surface area contributed by atoms with Gasteiger partial charge in [-0.2, -0.15) is 0 Å². The molecule has 1 aliphatic carbocycles. The van der Waals surface area contributed by atoms with Crippen LogP contribution in [-0.2, 0) is 23.9 Å². The Morgan fingerprint density at radius 1 is 1.27 bits per heavy atom. The lowest BCUT2D eigenvalue weighted by Crippen LogP contribution is -2.49. The van der Waals surface area contributed by atoms with Crippen molar-refractivity contribution in [1.29, 1.82) is 0 Å². The fourth-order valence-electron chi connectivity index (χ4n) is 3.13. The van der Waals surface area contributed by atoms with Crippen LogP contribution in [0.4, 0.5) is 9.18 Å². The van der Waals surface area contributed by atoms with Crippen molar-refractivity contribution >= 4 is 23.9 Å². The summed E-state index contributed by atoms with van der Waals surface area (Å²) in [6.07, 6.45) is -2.49. The second-order valence-corrected chi connectivity index (χ2v) is 6.19. The van der Waals surface area contributed by atoms with Gasteiger partial charge < -0.3 is 25.2 Å². The van der Waals surface area contributed by atoms with Crippen molar-refractivity contribution in [1.82, 2.24) is 10.6 Å². The van der Waals surface area contributed by atoms with E-state index in [1.54, 1.807) is 6.92 Å². The second-order valence-electron chi connectivity index (χ2n) is 6.19. The fourth-order valence-corrected chi connectivity index (χ4v) is 3.13. The maximum atomic E-state index is 13.5. The van der Waals surface area contributed by atoms with Crippen LogP contribution in [0.25, 0.3) is 0 Å². The van der Waals surface area contributed by atoms with E-state index >= 15 is 0 Å². The van der Waals surface area contributed by atoms with E-state index in [2.05, 4.69) is 20.1 Å². The number of methoxy groups -OCH3 is 1. The number of carbonyl (C=O) groups excluding carboxylic acids is 3. The van der Waals surface area contributed by atoms with Crippen LogP contribution in [0.1, 0.15) is 33.1 Å². The third-order valence-corrected chi connectivity index (χ3v) is 4.36. The van der Waals surface area contributed by atoms with Gasteiger partial charge in [-0.25, -0.2) is 9.18 Å². The summed E-state index contributed by atoms with van der Waals surface area (Å²) in [6.45, 7) is 2.91. The van der Waals surface area contributed by atoms with Crippen LogP contribution in [0.5, 0.6) is 0 Å². The van der Waals surface area contributed by atoms with E-state index in [1.807, 2.05) is 0 Å². The minimum atomic E-state index is -1.80. The molecule has 1 rings (SSSR count). The number of hydrogen-bond donors (Lipinski definition) is 3. The lowest BCUT2D eigenvalue weighted by atomic mass is 9.92. The number of rotatable bonds is 8. The van der Waals surface area contributed by atoms with E-state index in [-0.39, 0.29) is 25.3 Å². The number of ether oxygens (including phenoxy) is 2. The first-order chi connectivity index (χ1) is 12.2. The van der Waals surface area contributed by atoms with Crippen LogP contribution in [-0.4, -0.2) is 55.1 Å². The fraction of sp³-hybridized carbons (Fsp3) is 0.750. The molecule has 1 unspecified atom stereocenters. The summed E-state index contributed by atoms with van der Waals surface area (Å²) in [5, 5.41) is 14.3. The van der Waals surface area contributed by atoms with Crippen LogP contribution in [0.2, 0.25) is 0 Å². The Morgan fingerprint density at radius 2 is 1.92 bits per heavy atom. The van der Waals surface area contributed by atoms with Crippen molar-refractivity contribution in [3.05, 3.63) is 0 Å². The number of aliphatic carboxylic acids is 1. The largest absolute Gasteiger partial charge is 0.481 e. The summed E-state index contributed by atoms with van der Waals surface area (Å²) in [6, 6.07) is -0.975. The molecule has 0 saturated heterocycles. The zero-order valence-electron chi connectivity index (χ0n) is 15.0. The maximum Gasteiger partial charge on any atom is 0.409 e. The Bertz CT molecular complexity index is 543. The molecule has 0 aliphatic heterocycles. The van der Waals surface area contributed by atoms with Crippen molar-refractivity contribution in [2.24, 2.45) is 17.8 Å². The molecule has 3 N–H and O–H groups in total. The van der Waals surface area contributed by atoms with Crippen LogP contribution < -0.4 is 10.6 Å². The molecule has 5 atom stereocenters. The van der Waals surface area contributed by atoms with Gasteiger partial charge in [-0.1, -0.05) is 6.92 Å². The smallest absolute Gasteiger partial charge is 0.409 e. The van der Waals surface area contributed by atoms with Crippen LogP contribution in [0.3, 0.4) is 0 Å². The highest BCUT2D eigenvalue weighted by Crippen LogP contribution is 2.37. The molecule has 0 aromatic heterocycles. The third-order valence-electron chi connectivity index (χ3n) is 4.36. The van der Waals surface area contributed by atoms with Crippen molar-refractivity contribution in [2.45, 2.75) is 45.5 Å². The highest BCUT2D eigenvalue weighted by molar-refractivity contribution is 5.79. The van der Waals surface area contributed by atoms with Gasteiger partial charge in [-0.3, -0.25) is 14.4 Å². The van der Waals surface area contributed by atoms with Crippen LogP contribution >= 0.6 is 0 Å². The van der Waals surface area contributed by atoms with Crippen LogP contribution in [0, 0.1) is 17.8 Å². The van der Waals surface area contributed by atoms with Crippen molar-refractivity contribution < 1.29 is 38.1 Å². The Balaban J connectivity index is 2.98. The summed E-state index contributed by atoms with van der Waals surface area (Å²) in [5.41, 5.74) is 0. The highest BCUT2D eigenvalue weighted by atomic mass is 19.1. The summed E-state index contributed by atoms with van der Waals surface area (Å²) in [5.74, 6) is -4.97. The molecule has 0 heterocycles. The standard InChI is InChI=1S/C16H25FN2O7/c1-4-5-12(17)26-16(24)19-13-10(15(23)25-3)6-9(14(21)22)11(13)7-18-8(2)20/h9-13H,4-7H2,1-3H3,(H,18,20)(H,19,24)(H,21,22)/t9-,10+,11+,12?,13-/m1/s1. The number of alkyl halides is 1. The van der Waals surface area contributed by atoms with Gasteiger partial charge in [0.15, 0.2) is 0 Å². The number of carboxylic acids is 1. The van der Waals surface area contributed by atoms with Gasteiger partial charge in [0.1, 0.15) is 0 Å². The monoisotopic (exact) mass is 376 g/mol. The van der Waals surface area contributed by atoms with Gasteiger partial charge in [-0.15, -0.1) is 0 Å². The normalized spacial score (nSPS) is 25.8. The van der Waals surface area contributed by atoms with Gasteiger partial charge in [0, 0.05) is 25.8 Å². The van der Waals surface area contributed by atoms with Gasteiger partial charge in [0.05, 0.1) is 25.0 Å². The molecule has 10 heteroatoms. The van der Waals surface area contributed by atoms with E-state index < -0.39 is 48.2 Å². The number of halogens is 1. The highest BCUT2D eigenvalue weighted by Gasteiger charge is 2.50. The quantitative estimate of drug-likeness (QED) is 0.535. The molecule has 1 aliphatic rings. The van der Waals surface area contributed by atoms with Crippen molar-refractivity contribution in [3.8, 4) is 0 Å². The molecule has 9 nitrogen and oxygen atoms in total. The van der Waals surface area contributed by atoms with E-state index in [0.717, 1.165) is 7.11 Å². The minimum Gasteiger partial charge on any atom is -0.481 e. The predicted octanol–water partition coefficient (Wildman–Crippen LogP) is 0.823.